The number of benzene rings is 2. The highest BCUT2D eigenvalue weighted by Gasteiger charge is 2.14. The maximum absolute atomic E-state index is 12.1. The van der Waals surface area contributed by atoms with Crippen molar-refractivity contribution in [3.8, 4) is 0 Å². The first-order valence-corrected chi connectivity index (χ1v) is 10.6. The van der Waals surface area contributed by atoms with Crippen LogP contribution in [0.3, 0.4) is 0 Å². The van der Waals surface area contributed by atoms with Crippen LogP contribution >= 0.6 is 11.6 Å². The van der Waals surface area contributed by atoms with E-state index in [0.29, 0.717) is 17.6 Å². The summed E-state index contributed by atoms with van der Waals surface area (Å²) in [5, 5.41) is 10.1. The molecule has 3 rings (SSSR count). The van der Waals surface area contributed by atoms with Crippen molar-refractivity contribution < 1.29 is 4.79 Å². The number of urea groups is 1. The Morgan fingerprint density at radius 1 is 1.04 bits per heavy atom. The Balaban J connectivity index is 1.42. The molecule has 1 saturated carbocycles. The van der Waals surface area contributed by atoms with Crippen LogP contribution in [0.15, 0.2) is 48.5 Å². The Labute approximate surface area is 173 Å². The molecule has 0 unspecified atom stereocenters. The van der Waals surface area contributed by atoms with Crippen LogP contribution < -0.4 is 16.0 Å². The van der Waals surface area contributed by atoms with Crippen molar-refractivity contribution in [3.05, 3.63) is 64.7 Å². The second-order valence-electron chi connectivity index (χ2n) is 7.69. The van der Waals surface area contributed by atoms with Gasteiger partial charge in [0.15, 0.2) is 0 Å². The summed E-state index contributed by atoms with van der Waals surface area (Å²) in [5.41, 5.74) is 3.03. The summed E-state index contributed by atoms with van der Waals surface area (Å²) >= 11 is 5.87. The predicted octanol–water partition coefficient (Wildman–Crippen LogP) is 5.89. The normalized spacial score (nSPS) is 15.8. The topological polar surface area (TPSA) is 53.2 Å². The average molecular weight is 400 g/mol. The molecule has 1 fully saturated rings. The number of carbonyl (C=O) groups excluding carboxylic acids is 1. The molecule has 0 radical (unpaired) electrons. The van der Waals surface area contributed by atoms with Crippen LogP contribution in [0.1, 0.15) is 56.2 Å². The number of hydrogen-bond acceptors (Lipinski definition) is 2. The highest BCUT2D eigenvalue weighted by Crippen LogP contribution is 2.24. The molecule has 2 aromatic carbocycles. The summed E-state index contributed by atoms with van der Waals surface area (Å²) in [7, 11) is 0. The lowest BCUT2D eigenvalue weighted by Crippen LogP contribution is -2.28. The Morgan fingerprint density at radius 2 is 1.71 bits per heavy atom. The summed E-state index contributed by atoms with van der Waals surface area (Å²) in [6.07, 6.45) is 6.86. The van der Waals surface area contributed by atoms with Gasteiger partial charge in [-0.15, -0.1) is 0 Å². The minimum atomic E-state index is -0.217. The van der Waals surface area contributed by atoms with Gasteiger partial charge in [-0.25, -0.2) is 4.79 Å². The fourth-order valence-electron chi connectivity index (χ4n) is 3.67. The highest BCUT2D eigenvalue weighted by molar-refractivity contribution is 6.30. The Kier molecular flexibility index (Phi) is 7.75. The molecule has 0 heterocycles. The van der Waals surface area contributed by atoms with Crippen molar-refractivity contribution >= 4 is 23.3 Å². The highest BCUT2D eigenvalue weighted by atomic mass is 35.5. The molecule has 4 nitrogen and oxygen atoms in total. The van der Waals surface area contributed by atoms with E-state index in [1.807, 2.05) is 36.4 Å². The van der Waals surface area contributed by atoms with Crippen LogP contribution in [0, 0.1) is 5.92 Å². The second-order valence-corrected chi connectivity index (χ2v) is 8.13. The van der Waals surface area contributed by atoms with Gasteiger partial charge in [-0.05, 0) is 67.6 Å². The fraction of sp³-hybridized carbons (Fsp3) is 0.435. The number of carbonyl (C=O) groups is 1. The molecule has 150 valence electrons. The van der Waals surface area contributed by atoms with Gasteiger partial charge in [0.05, 0.1) is 0 Å². The second kappa shape index (κ2) is 10.5. The largest absolute Gasteiger partial charge is 0.334 e. The van der Waals surface area contributed by atoms with E-state index in [1.165, 1.54) is 37.7 Å². The number of halogens is 1. The lowest BCUT2D eigenvalue weighted by molar-refractivity contribution is 0.251. The summed E-state index contributed by atoms with van der Waals surface area (Å²) in [5.74, 6) is 0.821. The van der Waals surface area contributed by atoms with Gasteiger partial charge in [-0.3, -0.25) is 0 Å². The van der Waals surface area contributed by atoms with Crippen LogP contribution in [0.2, 0.25) is 5.02 Å². The molecule has 0 bridgehead atoms. The van der Waals surface area contributed by atoms with Gasteiger partial charge < -0.3 is 16.0 Å². The number of anilines is 1. The third-order valence-corrected chi connectivity index (χ3v) is 5.72. The van der Waals surface area contributed by atoms with Gasteiger partial charge >= 0.3 is 6.03 Å². The summed E-state index contributed by atoms with van der Waals surface area (Å²) < 4.78 is 0. The average Bonchev–Trinajstić information content (AvgIpc) is 2.73. The SMILES string of the molecule is C[C@H](NCC1CCCCC1)c1ccc(NC(=O)NCc2ccc(Cl)cc2)cc1. The van der Waals surface area contributed by atoms with Crippen molar-refractivity contribution in [2.24, 2.45) is 5.92 Å². The molecule has 2 amide bonds. The molecule has 2 aromatic rings. The summed E-state index contributed by atoms with van der Waals surface area (Å²) in [6, 6.07) is 15.6. The molecular weight excluding hydrogens is 370 g/mol. The van der Waals surface area contributed by atoms with Crippen LogP contribution in [-0.2, 0) is 6.54 Å². The first-order valence-electron chi connectivity index (χ1n) is 10.2. The lowest BCUT2D eigenvalue weighted by atomic mass is 9.89. The monoisotopic (exact) mass is 399 g/mol. The van der Waals surface area contributed by atoms with Gasteiger partial charge in [-0.2, -0.15) is 0 Å². The van der Waals surface area contributed by atoms with E-state index in [4.69, 9.17) is 11.6 Å². The van der Waals surface area contributed by atoms with Crippen LogP contribution in [-0.4, -0.2) is 12.6 Å². The molecule has 1 aliphatic carbocycles. The minimum absolute atomic E-state index is 0.217. The molecule has 28 heavy (non-hydrogen) atoms. The maximum atomic E-state index is 12.1. The number of amides is 2. The molecule has 0 aromatic heterocycles. The van der Waals surface area contributed by atoms with Gasteiger partial charge in [0, 0.05) is 23.3 Å². The molecule has 1 atom stereocenters. The van der Waals surface area contributed by atoms with Crippen molar-refractivity contribution in [1.82, 2.24) is 10.6 Å². The maximum Gasteiger partial charge on any atom is 0.319 e. The smallest absolute Gasteiger partial charge is 0.319 e. The quantitative estimate of drug-likeness (QED) is 0.543. The van der Waals surface area contributed by atoms with Gasteiger partial charge in [0.2, 0.25) is 0 Å². The Morgan fingerprint density at radius 3 is 2.39 bits per heavy atom. The van der Waals surface area contributed by atoms with Gasteiger partial charge in [-0.1, -0.05) is 55.1 Å². The van der Waals surface area contributed by atoms with Crippen molar-refractivity contribution in [2.75, 3.05) is 11.9 Å². The predicted molar refractivity (Wildman–Crippen MR) is 117 cm³/mol. The van der Waals surface area contributed by atoms with Crippen LogP contribution in [0.25, 0.3) is 0 Å². The van der Waals surface area contributed by atoms with Crippen LogP contribution in [0.5, 0.6) is 0 Å². The Hall–Kier alpha value is -2.04. The van der Waals surface area contributed by atoms with E-state index in [-0.39, 0.29) is 6.03 Å². The summed E-state index contributed by atoms with van der Waals surface area (Å²) in [4.78, 5) is 12.1. The van der Waals surface area contributed by atoms with Gasteiger partial charge in [0.1, 0.15) is 0 Å². The first kappa shape index (κ1) is 20.7. The van der Waals surface area contributed by atoms with Crippen molar-refractivity contribution in [2.45, 2.75) is 51.6 Å². The Bertz CT molecular complexity index is 739. The molecule has 0 saturated heterocycles. The van der Waals surface area contributed by atoms with Crippen LogP contribution in [0.4, 0.5) is 10.5 Å². The first-order chi connectivity index (χ1) is 13.6. The van der Waals surface area contributed by atoms with E-state index in [9.17, 15) is 4.79 Å². The fourth-order valence-corrected chi connectivity index (χ4v) is 3.79. The number of nitrogens with one attached hydrogen (secondary N) is 3. The van der Waals surface area contributed by atoms with E-state index < -0.39 is 0 Å². The standard InChI is InChI=1S/C23H30ClN3O/c1-17(25-15-18-5-3-2-4-6-18)20-9-13-22(14-10-20)27-23(28)26-16-19-7-11-21(24)12-8-19/h7-14,17-18,25H,2-6,15-16H2,1H3,(H2,26,27,28)/t17-/m0/s1. The zero-order valence-electron chi connectivity index (χ0n) is 16.5. The molecular formula is C23H30ClN3O. The number of hydrogen-bond donors (Lipinski definition) is 3. The number of rotatable bonds is 7. The molecule has 1 aliphatic rings. The van der Waals surface area contributed by atoms with E-state index in [0.717, 1.165) is 23.7 Å². The van der Waals surface area contributed by atoms with Crippen molar-refractivity contribution in [1.29, 1.82) is 0 Å². The minimum Gasteiger partial charge on any atom is -0.334 e. The molecule has 0 spiro atoms. The van der Waals surface area contributed by atoms with Crippen molar-refractivity contribution in [3.63, 3.8) is 0 Å². The molecule has 3 N–H and O–H groups in total. The van der Waals surface area contributed by atoms with Gasteiger partial charge in [0.25, 0.3) is 0 Å². The zero-order valence-corrected chi connectivity index (χ0v) is 17.3. The molecule has 0 aliphatic heterocycles. The third-order valence-electron chi connectivity index (χ3n) is 5.47. The zero-order chi connectivity index (χ0) is 19.8. The summed E-state index contributed by atoms with van der Waals surface area (Å²) in [6.45, 7) is 3.75. The lowest BCUT2D eigenvalue weighted by Gasteiger charge is -2.24. The van der Waals surface area contributed by atoms with E-state index >= 15 is 0 Å². The van der Waals surface area contributed by atoms with E-state index in [2.05, 4.69) is 35.0 Å². The molecule has 5 heteroatoms. The third kappa shape index (κ3) is 6.54. The van der Waals surface area contributed by atoms with E-state index in [1.54, 1.807) is 0 Å².